The monoisotopic (exact) mass is 366 g/mol. The number of halogens is 2. The molecule has 0 bridgehead atoms. The van der Waals surface area contributed by atoms with Crippen molar-refractivity contribution in [3.8, 4) is 5.75 Å². The van der Waals surface area contributed by atoms with Gasteiger partial charge in [0.2, 0.25) is 0 Å². The van der Waals surface area contributed by atoms with Crippen LogP contribution in [0, 0.1) is 0 Å². The number of ether oxygens (including phenoxy) is 3. The van der Waals surface area contributed by atoms with Gasteiger partial charge in [-0.05, 0) is 28.1 Å². The van der Waals surface area contributed by atoms with Crippen LogP contribution in [0.15, 0.2) is 21.1 Å². The van der Waals surface area contributed by atoms with Crippen molar-refractivity contribution in [3.63, 3.8) is 0 Å². The van der Waals surface area contributed by atoms with Gasteiger partial charge in [-0.3, -0.25) is 4.79 Å². The lowest BCUT2D eigenvalue weighted by Crippen LogP contribution is -2.08. The summed E-state index contributed by atoms with van der Waals surface area (Å²) in [6.45, 7) is 0.119. The Balaban J connectivity index is 3.01. The van der Waals surface area contributed by atoms with Gasteiger partial charge in [-0.1, -0.05) is 15.9 Å². The molecule has 4 nitrogen and oxygen atoms in total. The van der Waals surface area contributed by atoms with Gasteiger partial charge in [-0.25, -0.2) is 0 Å². The molecule has 0 aliphatic rings. The third kappa shape index (κ3) is 4.29. The van der Waals surface area contributed by atoms with E-state index in [1.165, 1.54) is 14.2 Å². The van der Waals surface area contributed by atoms with E-state index in [2.05, 4.69) is 36.6 Å². The number of methoxy groups -OCH3 is 2. The van der Waals surface area contributed by atoms with E-state index in [4.69, 9.17) is 9.47 Å². The van der Waals surface area contributed by atoms with Crippen LogP contribution in [0.1, 0.15) is 5.56 Å². The molecule has 0 aromatic heterocycles. The normalized spacial score (nSPS) is 10.1. The van der Waals surface area contributed by atoms with E-state index < -0.39 is 0 Å². The number of hydrogen-bond acceptors (Lipinski definition) is 4. The van der Waals surface area contributed by atoms with Crippen molar-refractivity contribution in [2.45, 2.75) is 6.42 Å². The third-order valence-corrected chi connectivity index (χ3v) is 3.02. The van der Waals surface area contributed by atoms with Crippen molar-refractivity contribution < 1.29 is 19.0 Å². The Labute approximate surface area is 116 Å². The standard InChI is InChI=1S/C11H12Br2O4/c1-15-6-17-11-7(4-10(14)16-2)3-8(12)5-9(11)13/h3,5H,4,6H2,1-2H3. The number of hydrogen-bond donors (Lipinski definition) is 0. The second-order valence-electron chi connectivity index (χ2n) is 3.18. The zero-order chi connectivity index (χ0) is 12.8. The van der Waals surface area contributed by atoms with E-state index in [0.717, 1.165) is 14.5 Å². The number of rotatable bonds is 5. The van der Waals surface area contributed by atoms with Crippen molar-refractivity contribution in [2.75, 3.05) is 21.0 Å². The third-order valence-electron chi connectivity index (χ3n) is 1.97. The average molecular weight is 368 g/mol. The van der Waals surface area contributed by atoms with E-state index >= 15 is 0 Å². The molecule has 1 aromatic carbocycles. The minimum atomic E-state index is -0.322. The van der Waals surface area contributed by atoms with Gasteiger partial charge >= 0.3 is 5.97 Å². The lowest BCUT2D eigenvalue weighted by Gasteiger charge is -2.12. The van der Waals surface area contributed by atoms with Crippen LogP contribution in [0.2, 0.25) is 0 Å². The lowest BCUT2D eigenvalue weighted by molar-refractivity contribution is -0.139. The highest BCUT2D eigenvalue weighted by molar-refractivity contribution is 9.11. The minimum Gasteiger partial charge on any atom is -0.469 e. The van der Waals surface area contributed by atoms with Gasteiger partial charge in [0, 0.05) is 17.1 Å². The molecule has 17 heavy (non-hydrogen) atoms. The molecule has 0 aliphatic heterocycles. The van der Waals surface area contributed by atoms with E-state index in [1.807, 2.05) is 12.1 Å². The SMILES string of the molecule is COCOc1c(Br)cc(Br)cc1CC(=O)OC. The van der Waals surface area contributed by atoms with Crippen LogP contribution < -0.4 is 4.74 Å². The average Bonchev–Trinajstić information content (AvgIpc) is 2.27. The summed E-state index contributed by atoms with van der Waals surface area (Å²) in [5.74, 6) is 0.262. The second-order valence-corrected chi connectivity index (χ2v) is 4.95. The molecule has 1 rings (SSSR count). The molecule has 6 heteroatoms. The molecule has 0 saturated carbocycles. The van der Waals surface area contributed by atoms with Crippen molar-refractivity contribution in [3.05, 3.63) is 26.6 Å². The number of esters is 1. The predicted octanol–water partition coefficient (Wildman–Crippen LogP) is 2.91. The summed E-state index contributed by atoms with van der Waals surface area (Å²) in [5.41, 5.74) is 0.732. The Hall–Kier alpha value is -0.590. The number of carbonyl (C=O) groups excluding carboxylic acids is 1. The van der Waals surface area contributed by atoms with E-state index in [9.17, 15) is 4.79 Å². The molecule has 0 aliphatic carbocycles. The quantitative estimate of drug-likeness (QED) is 0.593. The lowest BCUT2D eigenvalue weighted by atomic mass is 10.1. The van der Waals surface area contributed by atoms with Crippen LogP contribution in [0.25, 0.3) is 0 Å². The Bertz CT molecular complexity index is 407. The predicted molar refractivity (Wildman–Crippen MR) is 70.1 cm³/mol. The number of carbonyl (C=O) groups is 1. The fourth-order valence-corrected chi connectivity index (χ4v) is 2.68. The molecule has 0 atom stereocenters. The maximum atomic E-state index is 11.3. The summed E-state index contributed by atoms with van der Waals surface area (Å²) < 4.78 is 16.5. The molecule has 0 amide bonds. The molecule has 0 unspecified atom stereocenters. The molecule has 0 radical (unpaired) electrons. The maximum absolute atomic E-state index is 11.3. The molecule has 94 valence electrons. The molecule has 0 fully saturated rings. The van der Waals surface area contributed by atoms with E-state index in [1.54, 1.807) is 0 Å². The van der Waals surface area contributed by atoms with Crippen molar-refractivity contribution in [1.29, 1.82) is 0 Å². The smallest absolute Gasteiger partial charge is 0.310 e. The summed E-state index contributed by atoms with van der Waals surface area (Å²) in [5, 5.41) is 0. The van der Waals surface area contributed by atoms with Crippen molar-refractivity contribution in [2.24, 2.45) is 0 Å². The number of benzene rings is 1. The first kappa shape index (κ1) is 14.5. The fraction of sp³-hybridized carbons (Fsp3) is 0.364. The summed E-state index contributed by atoms with van der Waals surface area (Å²) in [7, 11) is 2.89. The molecular formula is C11H12Br2O4. The van der Waals surface area contributed by atoms with Gasteiger partial charge in [0.05, 0.1) is 18.0 Å². The summed E-state index contributed by atoms with van der Waals surface area (Å²) in [6, 6.07) is 3.65. The molecular weight excluding hydrogens is 356 g/mol. The van der Waals surface area contributed by atoms with Crippen molar-refractivity contribution in [1.82, 2.24) is 0 Å². The molecule has 0 heterocycles. The summed E-state index contributed by atoms with van der Waals surface area (Å²) in [4.78, 5) is 11.3. The van der Waals surface area contributed by atoms with Crippen LogP contribution in [0.5, 0.6) is 5.75 Å². The van der Waals surface area contributed by atoms with Gasteiger partial charge in [-0.15, -0.1) is 0 Å². The zero-order valence-electron chi connectivity index (χ0n) is 9.46. The Morgan fingerprint density at radius 1 is 1.29 bits per heavy atom. The van der Waals surface area contributed by atoms with Crippen LogP contribution in [-0.4, -0.2) is 27.0 Å². The maximum Gasteiger partial charge on any atom is 0.310 e. The molecule has 0 saturated heterocycles. The fourth-order valence-electron chi connectivity index (χ4n) is 1.25. The van der Waals surface area contributed by atoms with Gasteiger partial charge in [0.1, 0.15) is 5.75 Å². The first-order chi connectivity index (χ1) is 8.08. The van der Waals surface area contributed by atoms with Gasteiger partial charge in [-0.2, -0.15) is 0 Å². The highest BCUT2D eigenvalue weighted by Gasteiger charge is 2.14. The van der Waals surface area contributed by atoms with Gasteiger partial charge < -0.3 is 14.2 Å². The van der Waals surface area contributed by atoms with Crippen LogP contribution in [0.3, 0.4) is 0 Å². The second kappa shape index (κ2) is 6.98. The zero-order valence-corrected chi connectivity index (χ0v) is 12.6. The van der Waals surface area contributed by atoms with Gasteiger partial charge in [0.15, 0.2) is 6.79 Å². The highest BCUT2D eigenvalue weighted by Crippen LogP contribution is 2.33. The first-order valence-corrected chi connectivity index (χ1v) is 6.33. The first-order valence-electron chi connectivity index (χ1n) is 4.75. The van der Waals surface area contributed by atoms with Gasteiger partial charge in [0.25, 0.3) is 0 Å². The molecule has 0 N–H and O–H groups in total. The van der Waals surface area contributed by atoms with Crippen LogP contribution >= 0.6 is 31.9 Å². The molecule has 0 spiro atoms. The minimum absolute atomic E-state index is 0.119. The molecule has 1 aromatic rings. The summed E-state index contributed by atoms with van der Waals surface area (Å²) in [6.07, 6.45) is 0.146. The van der Waals surface area contributed by atoms with Crippen LogP contribution in [-0.2, 0) is 20.7 Å². The summed E-state index contributed by atoms with van der Waals surface area (Å²) >= 11 is 6.74. The Kier molecular flexibility index (Phi) is 5.94. The Morgan fingerprint density at radius 3 is 2.59 bits per heavy atom. The topological polar surface area (TPSA) is 44.8 Å². The highest BCUT2D eigenvalue weighted by atomic mass is 79.9. The van der Waals surface area contributed by atoms with E-state index in [-0.39, 0.29) is 19.2 Å². The largest absolute Gasteiger partial charge is 0.469 e. The van der Waals surface area contributed by atoms with Crippen LogP contribution in [0.4, 0.5) is 0 Å². The van der Waals surface area contributed by atoms with E-state index in [0.29, 0.717) is 5.75 Å². The Morgan fingerprint density at radius 2 is 2.00 bits per heavy atom. The van der Waals surface area contributed by atoms with Crippen molar-refractivity contribution >= 4 is 37.8 Å².